The maximum Gasteiger partial charge on any atom is 0.270 e. The van der Waals surface area contributed by atoms with Crippen LogP contribution < -0.4 is 30.3 Å². The minimum atomic E-state index is -0.751. The zero-order chi connectivity index (χ0) is 40.0. The van der Waals surface area contributed by atoms with Crippen LogP contribution in [0.15, 0.2) is 54.9 Å². The van der Waals surface area contributed by atoms with E-state index in [0.717, 1.165) is 57.8 Å². The van der Waals surface area contributed by atoms with Crippen molar-refractivity contribution in [3.8, 4) is 17.6 Å². The third-order valence-corrected chi connectivity index (χ3v) is 11.3. The quantitative estimate of drug-likeness (QED) is 0.155. The Morgan fingerprint density at radius 2 is 1.68 bits per heavy atom. The summed E-state index contributed by atoms with van der Waals surface area (Å²) in [4.78, 5) is 62.6. The summed E-state index contributed by atoms with van der Waals surface area (Å²) in [5, 5.41) is 17.6. The summed E-state index contributed by atoms with van der Waals surface area (Å²) < 4.78 is 12.2. The zero-order valence-electron chi connectivity index (χ0n) is 32.3. The molecule has 4 heterocycles. The Labute approximate surface area is 332 Å². The number of benzene rings is 1. The van der Waals surface area contributed by atoms with Gasteiger partial charge in [0.15, 0.2) is 0 Å². The molecule has 3 aromatic rings. The SMILES string of the molecule is CC1(C)C(NC(=O)c2ccc(N3CCN(CCCCCOc4ccc(C(=O)N[C@@H]5CCC(=O)NC5=O)nc4)CC3)nc2)C(C)(C)C1Oc1ccc(C#N)c(Cl)c1. The molecule has 2 aliphatic heterocycles. The van der Waals surface area contributed by atoms with Gasteiger partial charge in [0.25, 0.3) is 11.8 Å². The summed E-state index contributed by atoms with van der Waals surface area (Å²) in [6.07, 6.45) is 6.36. The molecule has 3 N–H and O–H groups in total. The summed E-state index contributed by atoms with van der Waals surface area (Å²) in [6.45, 7) is 13.4. The van der Waals surface area contributed by atoms with Gasteiger partial charge in [-0.1, -0.05) is 39.3 Å². The number of hydrogen-bond donors (Lipinski definition) is 3. The molecular weight excluding hydrogens is 736 g/mol. The average molecular weight is 785 g/mol. The number of hydrogen-bond acceptors (Lipinski definition) is 11. The fourth-order valence-corrected chi connectivity index (χ4v) is 8.40. The molecule has 1 aliphatic carbocycles. The van der Waals surface area contributed by atoms with Gasteiger partial charge in [0.05, 0.1) is 29.0 Å². The first kappa shape index (κ1) is 40.4. The fourth-order valence-electron chi connectivity index (χ4n) is 8.19. The highest BCUT2D eigenvalue weighted by Gasteiger charge is 2.64. The molecule has 3 aliphatic rings. The number of rotatable bonds is 14. The summed E-state index contributed by atoms with van der Waals surface area (Å²) >= 11 is 6.23. The zero-order valence-corrected chi connectivity index (χ0v) is 33.0. The molecule has 0 unspecified atom stereocenters. The molecule has 1 aromatic carbocycles. The van der Waals surface area contributed by atoms with Gasteiger partial charge in [-0.15, -0.1) is 0 Å². The van der Waals surface area contributed by atoms with Crippen molar-refractivity contribution in [1.82, 2.24) is 30.8 Å². The van der Waals surface area contributed by atoms with Crippen LogP contribution in [0.1, 0.15) is 86.2 Å². The highest BCUT2D eigenvalue weighted by atomic mass is 35.5. The van der Waals surface area contributed by atoms with Gasteiger partial charge in [0.1, 0.15) is 41.2 Å². The largest absolute Gasteiger partial charge is 0.492 e. The van der Waals surface area contributed by atoms with Gasteiger partial charge in [-0.2, -0.15) is 5.26 Å². The maximum atomic E-state index is 13.4. The Morgan fingerprint density at radius 1 is 0.929 bits per heavy atom. The van der Waals surface area contributed by atoms with Crippen molar-refractivity contribution in [3.63, 3.8) is 0 Å². The first-order valence-electron chi connectivity index (χ1n) is 19.1. The molecule has 14 nitrogen and oxygen atoms in total. The van der Waals surface area contributed by atoms with Gasteiger partial charge in [0, 0.05) is 61.7 Å². The number of imide groups is 1. The molecule has 6 rings (SSSR count). The van der Waals surface area contributed by atoms with E-state index in [9.17, 15) is 24.4 Å². The monoisotopic (exact) mass is 784 g/mol. The van der Waals surface area contributed by atoms with Crippen LogP contribution in [-0.4, -0.2) is 96.0 Å². The van der Waals surface area contributed by atoms with E-state index in [-0.39, 0.29) is 53.3 Å². The van der Waals surface area contributed by atoms with Gasteiger partial charge in [-0.3, -0.25) is 29.4 Å². The molecule has 2 saturated heterocycles. The van der Waals surface area contributed by atoms with E-state index in [0.29, 0.717) is 34.3 Å². The number of pyridine rings is 2. The van der Waals surface area contributed by atoms with Crippen LogP contribution in [0.5, 0.6) is 11.5 Å². The molecule has 296 valence electrons. The fraction of sp³-hybridized carbons (Fsp3) is 0.488. The highest BCUT2D eigenvalue weighted by Crippen LogP contribution is 2.55. The summed E-state index contributed by atoms with van der Waals surface area (Å²) in [7, 11) is 0. The number of amides is 4. The van der Waals surface area contributed by atoms with Gasteiger partial charge >= 0.3 is 0 Å². The normalized spacial score (nSPS) is 21.6. The second kappa shape index (κ2) is 17.3. The predicted molar refractivity (Wildman–Crippen MR) is 210 cm³/mol. The number of piperazine rings is 1. The van der Waals surface area contributed by atoms with Crippen molar-refractivity contribution in [2.75, 3.05) is 44.2 Å². The van der Waals surface area contributed by atoms with Crippen molar-refractivity contribution in [1.29, 1.82) is 5.26 Å². The number of piperidine rings is 1. The van der Waals surface area contributed by atoms with Gasteiger partial charge in [0.2, 0.25) is 11.8 Å². The second-order valence-electron chi connectivity index (χ2n) is 15.8. The number of ether oxygens (including phenoxy) is 2. The first-order chi connectivity index (χ1) is 26.8. The molecule has 4 amide bonds. The van der Waals surface area contributed by atoms with E-state index in [2.05, 4.69) is 69.5 Å². The smallest absolute Gasteiger partial charge is 0.270 e. The van der Waals surface area contributed by atoms with Crippen molar-refractivity contribution >= 4 is 41.0 Å². The van der Waals surface area contributed by atoms with Crippen LogP contribution in [0.25, 0.3) is 0 Å². The van der Waals surface area contributed by atoms with Crippen molar-refractivity contribution < 1.29 is 28.7 Å². The molecule has 0 bridgehead atoms. The summed E-state index contributed by atoms with van der Waals surface area (Å²) in [5.41, 5.74) is 0.348. The maximum absolute atomic E-state index is 13.4. The number of nitrogens with zero attached hydrogens (tertiary/aromatic N) is 5. The van der Waals surface area contributed by atoms with Crippen LogP contribution in [0.2, 0.25) is 5.02 Å². The number of anilines is 1. The minimum Gasteiger partial charge on any atom is -0.492 e. The lowest BCUT2D eigenvalue weighted by molar-refractivity contribution is -0.164. The Morgan fingerprint density at radius 3 is 2.32 bits per heavy atom. The topological polar surface area (TPSA) is 179 Å². The summed E-state index contributed by atoms with van der Waals surface area (Å²) in [6, 6.07) is 13.2. The first-order valence-corrected chi connectivity index (χ1v) is 19.5. The molecule has 56 heavy (non-hydrogen) atoms. The molecule has 15 heteroatoms. The standard InChI is InChI=1S/C41H49ClN8O6/c1-40(2)38(41(3,4)39(40)56-28-10-8-26(23-43)30(42)22-28)48-35(52)27-9-14-33(45-24-27)50-19-17-49(18-20-50)16-6-5-7-21-55-29-11-12-31(44-25-29)36(53)46-32-13-15-34(51)47-37(32)54/h8-12,14,22,24-25,32,38-39H,5-7,13,15-21H2,1-4H3,(H,46,53)(H,48,52)(H,47,51,54)/t32-,38?,39?/m1/s1. The molecule has 1 atom stereocenters. The Balaban J connectivity index is 0.865. The molecule has 0 radical (unpaired) electrons. The third kappa shape index (κ3) is 9.22. The van der Waals surface area contributed by atoms with Crippen molar-refractivity contribution in [2.45, 2.75) is 78.0 Å². The highest BCUT2D eigenvalue weighted by molar-refractivity contribution is 6.31. The molecule has 0 spiro atoms. The van der Waals surface area contributed by atoms with E-state index < -0.39 is 17.9 Å². The minimum absolute atomic E-state index is 0.145. The van der Waals surface area contributed by atoms with Crippen LogP contribution in [-0.2, 0) is 9.59 Å². The van der Waals surface area contributed by atoms with Gasteiger partial charge in [-0.25, -0.2) is 9.97 Å². The van der Waals surface area contributed by atoms with Crippen molar-refractivity contribution in [3.05, 3.63) is 76.7 Å². The number of nitrogens with one attached hydrogen (secondary N) is 3. The number of nitriles is 1. The number of unbranched alkanes of at least 4 members (excludes halogenated alkanes) is 2. The summed E-state index contributed by atoms with van der Waals surface area (Å²) in [5.74, 6) is 0.523. The lowest BCUT2D eigenvalue weighted by Crippen LogP contribution is -2.74. The Hall–Kier alpha value is -5.26. The van der Waals surface area contributed by atoms with Gasteiger partial charge < -0.3 is 25.0 Å². The molecule has 3 fully saturated rings. The third-order valence-electron chi connectivity index (χ3n) is 11.0. The average Bonchev–Trinajstić information content (AvgIpc) is 3.18. The number of halogens is 1. The second-order valence-corrected chi connectivity index (χ2v) is 16.2. The van der Waals surface area contributed by atoms with Crippen LogP contribution >= 0.6 is 11.6 Å². The van der Waals surface area contributed by atoms with Crippen LogP contribution in [0, 0.1) is 22.2 Å². The Kier molecular flexibility index (Phi) is 12.5. The van der Waals surface area contributed by atoms with E-state index in [1.807, 2.05) is 12.1 Å². The number of carbonyl (C=O) groups is 4. The molecule has 2 aromatic heterocycles. The van der Waals surface area contributed by atoms with E-state index in [1.54, 1.807) is 36.5 Å². The lowest BCUT2D eigenvalue weighted by Gasteiger charge is -2.63. The predicted octanol–water partition coefficient (Wildman–Crippen LogP) is 4.52. The number of aromatic nitrogens is 2. The van der Waals surface area contributed by atoms with Crippen LogP contribution in [0.3, 0.4) is 0 Å². The van der Waals surface area contributed by atoms with E-state index in [4.69, 9.17) is 21.1 Å². The van der Waals surface area contributed by atoms with Crippen molar-refractivity contribution in [2.24, 2.45) is 10.8 Å². The van der Waals surface area contributed by atoms with Crippen LogP contribution in [0.4, 0.5) is 5.82 Å². The number of carbonyl (C=O) groups excluding carboxylic acids is 4. The van der Waals surface area contributed by atoms with E-state index >= 15 is 0 Å². The van der Waals surface area contributed by atoms with Gasteiger partial charge in [-0.05, 0) is 68.6 Å². The lowest BCUT2D eigenvalue weighted by atomic mass is 9.49. The van der Waals surface area contributed by atoms with E-state index in [1.165, 1.54) is 6.20 Å². The molecule has 1 saturated carbocycles. The molecular formula is C41H49ClN8O6. The Bertz CT molecular complexity index is 1940.